The summed E-state index contributed by atoms with van der Waals surface area (Å²) < 4.78 is 1.05. The fraction of sp³-hybridized carbons (Fsp3) is 0.667. The Kier molecular flexibility index (Phi) is 5.79. The van der Waals surface area contributed by atoms with Crippen molar-refractivity contribution in [1.82, 2.24) is 15.2 Å². The molecule has 0 aromatic carbocycles. The van der Waals surface area contributed by atoms with Crippen molar-refractivity contribution in [2.24, 2.45) is 5.92 Å². The zero-order chi connectivity index (χ0) is 13.7. The van der Waals surface area contributed by atoms with E-state index in [1.165, 1.54) is 18.5 Å². The standard InChI is InChI=1S/C15H24BrN3/c1-12(2)3-6-15(19-9-7-17-8-10-19)14-5-4-13(16)11-18-14/h4-5,11-12,15,17H,3,6-10H2,1-2H3/t15-/m1/s1. The molecular weight excluding hydrogens is 302 g/mol. The number of pyridine rings is 1. The molecule has 0 unspecified atom stereocenters. The molecule has 0 bridgehead atoms. The van der Waals surface area contributed by atoms with Crippen LogP contribution in [0.25, 0.3) is 0 Å². The lowest BCUT2D eigenvalue weighted by Gasteiger charge is -2.35. The first-order chi connectivity index (χ1) is 9.16. The predicted molar refractivity (Wildman–Crippen MR) is 83.2 cm³/mol. The summed E-state index contributed by atoms with van der Waals surface area (Å²) in [6, 6.07) is 4.74. The molecule has 0 spiro atoms. The van der Waals surface area contributed by atoms with Crippen LogP contribution < -0.4 is 5.32 Å². The molecule has 2 heterocycles. The number of nitrogens with zero attached hydrogens (tertiary/aromatic N) is 2. The Hall–Kier alpha value is -0.450. The van der Waals surface area contributed by atoms with Crippen molar-refractivity contribution < 1.29 is 0 Å². The number of aromatic nitrogens is 1. The molecule has 19 heavy (non-hydrogen) atoms. The zero-order valence-corrected chi connectivity index (χ0v) is 13.5. The predicted octanol–water partition coefficient (Wildman–Crippen LogP) is 3.23. The molecule has 1 saturated heterocycles. The van der Waals surface area contributed by atoms with Crippen molar-refractivity contribution in [1.29, 1.82) is 0 Å². The van der Waals surface area contributed by atoms with Gasteiger partial charge in [0, 0.05) is 36.8 Å². The second-order valence-corrected chi connectivity index (χ2v) is 6.59. The van der Waals surface area contributed by atoms with Crippen LogP contribution in [-0.2, 0) is 0 Å². The average Bonchev–Trinajstić information content (AvgIpc) is 2.42. The van der Waals surface area contributed by atoms with Gasteiger partial charge in [0.15, 0.2) is 0 Å². The van der Waals surface area contributed by atoms with Crippen LogP contribution in [0.2, 0.25) is 0 Å². The van der Waals surface area contributed by atoms with Crippen LogP contribution >= 0.6 is 15.9 Å². The molecular formula is C15H24BrN3. The Morgan fingerprint density at radius 1 is 1.26 bits per heavy atom. The molecule has 1 aromatic heterocycles. The molecule has 1 N–H and O–H groups in total. The quantitative estimate of drug-likeness (QED) is 0.900. The van der Waals surface area contributed by atoms with Crippen LogP contribution in [-0.4, -0.2) is 36.1 Å². The van der Waals surface area contributed by atoms with Gasteiger partial charge in [-0.15, -0.1) is 0 Å². The van der Waals surface area contributed by atoms with Crippen LogP contribution in [0.15, 0.2) is 22.8 Å². The molecule has 1 aliphatic heterocycles. The van der Waals surface area contributed by atoms with E-state index in [1.54, 1.807) is 0 Å². The maximum absolute atomic E-state index is 4.62. The first kappa shape index (κ1) is 14.9. The van der Waals surface area contributed by atoms with E-state index in [9.17, 15) is 0 Å². The second kappa shape index (κ2) is 7.36. The van der Waals surface area contributed by atoms with Gasteiger partial charge in [0.25, 0.3) is 0 Å². The molecule has 4 heteroatoms. The average molecular weight is 326 g/mol. The van der Waals surface area contributed by atoms with Gasteiger partial charge in [-0.05, 0) is 46.8 Å². The van der Waals surface area contributed by atoms with E-state index in [-0.39, 0.29) is 0 Å². The lowest BCUT2D eigenvalue weighted by atomic mass is 9.99. The zero-order valence-electron chi connectivity index (χ0n) is 11.9. The summed E-state index contributed by atoms with van der Waals surface area (Å²) in [5, 5.41) is 3.43. The maximum atomic E-state index is 4.62. The van der Waals surface area contributed by atoms with Gasteiger partial charge < -0.3 is 5.32 Å². The molecule has 2 rings (SSSR count). The van der Waals surface area contributed by atoms with E-state index in [2.05, 4.69) is 57.1 Å². The summed E-state index contributed by atoms with van der Waals surface area (Å²) in [5.74, 6) is 0.751. The largest absolute Gasteiger partial charge is 0.314 e. The normalized spacial score (nSPS) is 18.7. The Bertz CT molecular complexity index is 371. The lowest BCUT2D eigenvalue weighted by Crippen LogP contribution is -2.45. The molecule has 0 radical (unpaired) electrons. The van der Waals surface area contributed by atoms with Gasteiger partial charge in [-0.2, -0.15) is 0 Å². The highest BCUT2D eigenvalue weighted by molar-refractivity contribution is 9.10. The summed E-state index contributed by atoms with van der Waals surface area (Å²) in [7, 11) is 0. The molecule has 0 saturated carbocycles. The molecule has 1 aliphatic rings. The third-order valence-corrected chi connectivity index (χ3v) is 4.17. The van der Waals surface area contributed by atoms with Gasteiger partial charge in [0.1, 0.15) is 0 Å². The second-order valence-electron chi connectivity index (χ2n) is 5.67. The van der Waals surface area contributed by atoms with E-state index in [0.717, 1.165) is 36.6 Å². The summed E-state index contributed by atoms with van der Waals surface area (Å²) in [5.41, 5.74) is 1.21. The van der Waals surface area contributed by atoms with Gasteiger partial charge in [-0.1, -0.05) is 13.8 Å². The molecule has 3 nitrogen and oxygen atoms in total. The smallest absolute Gasteiger partial charge is 0.0576 e. The topological polar surface area (TPSA) is 28.2 Å². The molecule has 1 atom stereocenters. The van der Waals surface area contributed by atoms with E-state index >= 15 is 0 Å². The van der Waals surface area contributed by atoms with Crippen molar-refractivity contribution in [2.75, 3.05) is 26.2 Å². The van der Waals surface area contributed by atoms with Crippen LogP contribution in [0.5, 0.6) is 0 Å². The molecule has 0 aliphatic carbocycles. The van der Waals surface area contributed by atoms with E-state index < -0.39 is 0 Å². The molecule has 1 aromatic rings. The number of halogens is 1. The summed E-state index contributed by atoms with van der Waals surface area (Å²) in [4.78, 5) is 7.20. The van der Waals surface area contributed by atoms with Crippen molar-refractivity contribution in [3.05, 3.63) is 28.5 Å². The SMILES string of the molecule is CC(C)CC[C@H](c1ccc(Br)cn1)N1CCNCC1. The van der Waals surface area contributed by atoms with Crippen LogP contribution in [0.1, 0.15) is 38.4 Å². The number of piperazine rings is 1. The highest BCUT2D eigenvalue weighted by Crippen LogP contribution is 2.27. The summed E-state index contributed by atoms with van der Waals surface area (Å²) in [6.07, 6.45) is 4.37. The maximum Gasteiger partial charge on any atom is 0.0576 e. The molecule has 0 amide bonds. The third-order valence-electron chi connectivity index (χ3n) is 3.70. The van der Waals surface area contributed by atoms with Crippen molar-refractivity contribution in [2.45, 2.75) is 32.7 Å². The number of nitrogens with one attached hydrogen (secondary N) is 1. The number of hydrogen-bond donors (Lipinski definition) is 1. The van der Waals surface area contributed by atoms with Crippen molar-refractivity contribution >= 4 is 15.9 Å². The fourth-order valence-corrected chi connectivity index (χ4v) is 2.82. The first-order valence-electron chi connectivity index (χ1n) is 7.23. The Balaban J connectivity index is 2.10. The van der Waals surface area contributed by atoms with Crippen molar-refractivity contribution in [3.8, 4) is 0 Å². The van der Waals surface area contributed by atoms with Gasteiger partial charge in [-0.25, -0.2) is 0 Å². The number of hydrogen-bond acceptors (Lipinski definition) is 3. The number of rotatable bonds is 5. The third kappa shape index (κ3) is 4.55. The first-order valence-corrected chi connectivity index (χ1v) is 8.02. The molecule has 106 valence electrons. The van der Waals surface area contributed by atoms with Gasteiger partial charge in [0.2, 0.25) is 0 Å². The lowest BCUT2D eigenvalue weighted by molar-refractivity contribution is 0.156. The van der Waals surface area contributed by atoms with Crippen LogP contribution in [0.3, 0.4) is 0 Å². The highest BCUT2D eigenvalue weighted by Gasteiger charge is 2.23. The Labute approximate surface area is 124 Å². The minimum absolute atomic E-state index is 0.470. The van der Waals surface area contributed by atoms with E-state index in [0.29, 0.717) is 6.04 Å². The van der Waals surface area contributed by atoms with E-state index in [1.807, 2.05) is 6.20 Å². The minimum Gasteiger partial charge on any atom is -0.314 e. The summed E-state index contributed by atoms with van der Waals surface area (Å²) >= 11 is 3.47. The Morgan fingerprint density at radius 3 is 2.58 bits per heavy atom. The van der Waals surface area contributed by atoms with Gasteiger partial charge in [0.05, 0.1) is 11.7 Å². The Morgan fingerprint density at radius 2 is 2.00 bits per heavy atom. The highest BCUT2D eigenvalue weighted by atomic mass is 79.9. The summed E-state index contributed by atoms with van der Waals surface area (Å²) in [6.45, 7) is 9.03. The van der Waals surface area contributed by atoms with Crippen molar-refractivity contribution in [3.63, 3.8) is 0 Å². The van der Waals surface area contributed by atoms with E-state index in [4.69, 9.17) is 0 Å². The minimum atomic E-state index is 0.470. The van der Waals surface area contributed by atoms with Gasteiger partial charge >= 0.3 is 0 Å². The van der Waals surface area contributed by atoms with Crippen LogP contribution in [0, 0.1) is 5.92 Å². The fourth-order valence-electron chi connectivity index (χ4n) is 2.59. The van der Waals surface area contributed by atoms with Gasteiger partial charge in [-0.3, -0.25) is 9.88 Å². The van der Waals surface area contributed by atoms with Crippen LogP contribution in [0.4, 0.5) is 0 Å². The monoisotopic (exact) mass is 325 g/mol. The molecule has 1 fully saturated rings.